The summed E-state index contributed by atoms with van der Waals surface area (Å²) in [4.78, 5) is 17.7. The Hall–Kier alpha value is -2.49. The number of nitrogens with zero attached hydrogens (tertiary/aromatic N) is 3. The molecule has 1 aromatic heterocycles. The predicted octanol–water partition coefficient (Wildman–Crippen LogP) is 3.80. The van der Waals surface area contributed by atoms with E-state index in [0.717, 1.165) is 23.1 Å². The summed E-state index contributed by atoms with van der Waals surface area (Å²) in [5.41, 5.74) is 1.20. The molecule has 0 fully saturated rings. The SMILES string of the molecule is CCCN(CCC)S(=O)(=O)c1ccc(C(=O)N=c2sc3cccc(OC)c3n2C)cc1. The Morgan fingerprint density at radius 3 is 2.32 bits per heavy atom. The van der Waals surface area contributed by atoms with Gasteiger partial charge in [-0.05, 0) is 49.2 Å². The number of carbonyl (C=O) groups is 1. The van der Waals surface area contributed by atoms with E-state index in [-0.39, 0.29) is 4.90 Å². The maximum Gasteiger partial charge on any atom is 0.279 e. The Kier molecular flexibility index (Phi) is 7.30. The first kappa shape index (κ1) is 23.2. The Morgan fingerprint density at radius 2 is 1.74 bits per heavy atom. The minimum Gasteiger partial charge on any atom is -0.495 e. The molecule has 31 heavy (non-hydrogen) atoms. The standard InChI is InChI=1S/C22H27N3O4S2/c1-5-14-25(15-6-2)31(27,28)17-12-10-16(11-13-17)21(26)23-22-24(3)20-18(29-4)8-7-9-19(20)30-22/h7-13H,5-6,14-15H2,1-4H3. The van der Waals surface area contributed by atoms with Gasteiger partial charge in [-0.1, -0.05) is 31.3 Å². The number of ether oxygens (including phenoxy) is 1. The van der Waals surface area contributed by atoms with Crippen LogP contribution in [0.15, 0.2) is 52.4 Å². The molecule has 2 aromatic carbocycles. The van der Waals surface area contributed by atoms with E-state index in [4.69, 9.17) is 4.74 Å². The van der Waals surface area contributed by atoms with Crippen molar-refractivity contribution in [3.8, 4) is 5.75 Å². The summed E-state index contributed by atoms with van der Waals surface area (Å²) >= 11 is 1.39. The molecule has 0 aliphatic rings. The van der Waals surface area contributed by atoms with Crippen molar-refractivity contribution in [2.75, 3.05) is 20.2 Å². The number of aromatic nitrogens is 1. The minimum absolute atomic E-state index is 0.183. The first-order valence-corrected chi connectivity index (χ1v) is 12.4. The fraction of sp³-hybridized carbons (Fsp3) is 0.364. The molecule has 0 aliphatic carbocycles. The Bertz CT molecular complexity index is 1240. The first-order valence-electron chi connectivity index (χ1n) is 10.1. The highest BCUT2D eigenvalue weighted by Crippen LogP contribution is 2.26. The lowest BCUT2D eigenvalue weighted by Crippen LogP contribution is -2.32. The van der Waals surface area contributed by atoms with Crippen LogP contribution in [0.25, 0.3) is 10.2 Å². The van der Waals surface area contributed by atoms with Crippen molar-refractivity contribution >= 4 is 37.5 Å². The first-order chi connectivity index (χ1) is 14.8. The van der Waals surface area contributed by atoms with Crippen LogP contribution >= 0.6 is 11.3 Å². The van der Waals surface area contributed by atoms with Gasteiger partial charge in [-0.3, -0.25) is 4.79 Å². The molecule has 1 amide bonds. The van der Waals surface area contributed by atoms with Gasteiger partial charge < -0.3 is 9.30 Å². The summed E-state index contributed by atoms with van der Waals surface area (Å²) in [6.07, 6.45) is 1.48. The van der Waals surface area contributed by atoms with Crippen LogP contribution in [0.5, 0.6) is 5.75 Å². The van der Waals surface area contributed by atoms with E-state index >= 15 is 0 Å². The summed E-state index contributed by atoms with van der Waals surface area (Å²) in [5.74, 6) is 0.285. The molecule has 0 radical (unpaired) electrons. The lowest BCUT2D eigenvalue weighted by atomic mass is 10.2. The molecule has 1 heterocycles. The van der Waals surface area contributed by atoms with Gasteiger partial charge in [-0.25, -0.2) is 8.42 Å². The summed E-state index contributed by atoms with van der Waals surface area (Å²) in [6.45, 7) is 4.84. The molecule has 0 saturated carbocycles. The Morgan fingerprint density at radius 1 is 1.10 bits per heavy atom. The molecule has 0 aliphatic heterocycles. The third-order valence-electron chi connectivity index (χ3n) is 4.89. The molecule has 0 unspecified atom stereocenters. The number of amides is 1. The van der Waals surface area contributed by atoms with Crippen LogP contribution in [0.2, 0.25) is 0 Å². The van der Waals surface area contributed by atoms with Crippen LogP contribution in [0, 0.1) is 0 Å². The molecular formula is C22H27N3O4S2. The van der Waals surface area contributed by atoms with Gasteiger partial charge in [0.1, 0.15) is 11.3 Å². The number of rotatable bonds is 8. The van der Waals surface area contributed by atoms with Gasteiger partial charge >= 0.3 is 0 Å². The number of hydrogen-bond acceptors (Lipinski definition) is 5. The van der Waals surface area contributed by atoms with E-state index in [2.05, 4.69) is 4.99 Å². The van der Waals surface area contributed by atoms with Crippen molar-refractivity contribution in [2.24, 2.45) is 12.0 Å². The van der Waals surface area contributed by atoms with Gasteiger partial charge in [0.05, 0.1) is 16.7 Å². The minimum atomic E-state index is -3.58. The number of fused-ring (bicyclic) bond motifs is 1. The molecule has 0 atom stereocenters. The van der Waals surface area contributed by atoms with Crippen LogP contribution < -0.4 is 9.54 Å². The summed E-state index contributed by atoms with van der Waals surface area (Å²) in [7, 11) is -0.147. The number of sulfonamides is 1. The monoisotopic (exact) mass is 461 g/mol. The zero-order chi connectivity index (χ0) is 22.6. The van der Waals surface area contributed by atoms with Crippen LogP contribution in [0.3, 0.4) is 0 Å². The quantitative estimate of drug-likeness (QED) is 0.511. The highest BCUT2D eigenvalue weighted by atomic mass is 32.2. The van der Waals surface area contributed by atoms with E-state index in [9.17, 15) is 13.2 Å². The number of methoxy groups -OCH3 is 1. The van der Waals surface area contributed by atoms with Crippen LogP contribution in [0.1, 0.15) is 37.0 Å². The maximum absolute atomic E-state index is 12.9. The molecule has 3 aromatic rings. The number of hydrogen-bond donors (Lipinski definition) is 0. The number of aryl methyl sites for hydroxylation is 1. The zero-order valence-corrected chi connectivity index (χ0v) is 19.8. The number of carbonyl (C=O) groups excluding carboxylic acids is 1. The van der Waals surface area contributed by atoms with E-state index in [1.54, 1.807) is 7.11 Å². The number of para-hydroxylation sites is 1. The predicted molar refractivity (Wildman–Crippen MR) is 123 cm³/mol. The summed E-state index contributed by atoms with van der Waals surface area (Å²) < 4.78 is 35.5. The number of benzene rings is 2. The van der Waals surface area contributed by atoms with Gasteiger partial charge in [-0.15, -0.1) is 0 Å². The summed E-state index contributed by atoms with van der Waals surface area (Å²) in [5, 5.41) is 0. The van der Waals surface area contributed by atoms with Crippen molar-refractivity contribution in [2.45, 2.75) is 31.6 Å². The highest BCUT2D eigenvalue weighted by molar-refractivity contribution is 7.89. The van der Waals surface area contributed by atoms with Crippen molar-refractivity contribution in [1.29, 1.82) is 0 Å². The van der Waals surface area contributed by atoms with Gasteiger partial charge in [0, 0.05) is 25.7 Å². The van der Waals surface area contributed by atoms with Crippen LogP contribution in [0.4, 0.5) is 0 Å². The molecule has 0 bridgehead atoms. The van der Waals surface area contributed by atoms with Crippen molar-refractivity contribution in [1.82, 2.24) is 8.87 Å². The smallest absolute Gasteiger partial charge is 0.279 e. The Labute approximate surface area is 186 Å². The van der Waals surface area contributed by atoms with Gasteiger partial charge in [0.25, 0.3) is 5.91 Å². The van der Waals surface area contributed by atoms with E-state index < -0.39 is 15.9 Å². The fourth-order valence-corrected chi connectivity index (χ4v) is 6.02. The Balaban J connectivity index is 1.92. The largest absolute Gasteiger partial charge is 0.495 e. The van der Waals surface area contributed by atoms with Crippen LogP contribution in [-0.2, 0) is 17.1 Å². The third-order valence-corrected chi connectivity index (χ3v) is 7.90. The van der Waals surface area contributed by atoms with E-state index in [0.29, 0.717) is 29.2 Å². The van der Waals surface area contributed by atoms with Crippen molar-refractivity contribution in [3.05, 3.63) is 52.8 Å². The van der Waals surface area contributed by atoms with Gasteiger partial charge in [-0.2, -0.15) is 9.30 Å². The van der Waals surface area contributed by atoms with Gasteiger partial charge in [0.15, 0.2) is 4.80 Å². The lowest BCUT2D eigenvalue weighted by Gasteiger charge is -2.21. The van der Waals surface area contributed by atoms with E-state index in [1.165, 1.54) is 39.9 Å². The average Bonchev–Trinajstić information content (AvgIpc) is 3.09. The topological polar surface area (TPSA) is 81.0 Å². The normalized spacial score (nSPS) is 12.6. The second kappa shape index (κ2) is 9.76. The van der Waals surface area contributed by atoms with Crippen LogP contribution in [-0.4, -0.2) is 43.4 Å². The van der Waals surface area contributed by atoms with Gasteiger partial charge in [0.2, 0.25) is 10.0 Å². The molecule has 0 spiro atoms. The average molecular weight is 462 g/mol. The number of thiazole rings is 1. The summed E-state index contributed by atoms with van der Waals surface area (Å²) in [6, 6.07) is 11.7. The molecule has 3 rings (SSSR count). The fourth-order valence-electron chi connectivity index (χ4n) is 3.36. The molecule has 0 N–H and O–H groups in total. The molecule has 9 heteroatoms. The molecule has 166 valence electrons. The zero-order valence-electron chi connectivity index (χ0n) is 18.2. The van der Waals surface area contributed by atoms with Crippen molar-refractivity contribution < 1.29 is 17.9 Å². The van der Waals surface area contributed by atoms with Crippen molar-refractivity contribution in [3.63, 3.8) is 0 Å². The lowest BCUT2D eigenvalue weighted by molar-refractivity contribution is 0.0998. The second-order valence-electron chi connectivity index (χ2n) is 7.10. The highest BCUT2D eigenvalue weighted by Gasteiger charge is 2.23. The van der Waals surface area contributed by atoms with E-state index in [1.807, 2.05) is 43.7 Å². The second-order valence-corrected chi connectivity index (χ2v) is 10.0. The maximum atomic E-state index is 12.9. The molecule has 7 nitrogen and oxygen atoms in total. The third kappa shape index (κ3) is 4.73. The molecular weight excluding hydrogens is 434 g/mol. The molecule has 0 saturated heterocycles.